The van der Waals surface area contributed by atoms with E-state index in [1.165, 1.54) is 49.7 Å². The molecule has 0 aromatic rings. The second-order valence-corrected chi connectivity index (χ2v) is 11.2. The van der Waals surface area contributed by atoms with E-state index in [0.29, 0.717) is 5.41 Å². The van der Waals surface area contributed by atoms with Crippen LogP contribution in [0, 0.1) is 23.2 Å². The highest BCUT2D eigenvalue weighted by atomic mass is 16.3. The molecular formula is C27H44O2. The third-order valence-electron chi connectivity index (χ3n) is 8.36. The molecule has 2 nitrogen and oxygen atoms in total. The van der Waals surface area contributed by atoms with E-state index in [1.807, 2.05) is 13.8 Å². The van der Waals surface area contributed by atoms with Gasteiger partial charge in [-0.25, -0.2) is 0 Å². The van der Waals surface area contributed by atoms with Gasteiger partial charge in [-0.15, -0.1) is 0 Å². The Morgan fingerprint density at radius 3 is 2.69 bits per heavy atom. The molecule has 0 radical (unpaired) electrons. The summed E-state index contributed by atoms with van der Waals surface area (Å²) in [5.41, 5.74) is 4.02. The van der Waals surface area contributed by atoms with Gasteiger partial charge in [0.05, 0.1) is 11.7 Å². The van der Waals surface area contributed by atoms with Crippen LogP contribution in [0.15, 0.2) is 35.5 Å². The van der Waals surface area contributed by atoms with Gasteiger partial charge in [0, 0.05) is 0 Å². The lowest BCUT2D eigenvalue weighted by atomic mass is 9.60. The average Bonchev–Trinajstić information content (AvgIpc) is 2.99. The van der Waals surface area contributed by atoms with E-state index < -0.39 is 5.60 Å². The summed E-state index contributed by atoms with van der Waals surface area (Å²) >= 11 is 0. The number of fused-ring (bicyclic) bond motifs is 1. The molecule has 3 fully saturated rings. The van der Waals surface area contributed by atoms with Gasteiger partial charge in [0.25, 0.3) is 0 Å². The molecule has 0 saturated heterocycles. The van der Waals surface area contributed by atoms with Gasteiger partial charge in [0.15, 0.2) is 0 Å². The van der Waals surface area contributed by atoms with E-state index in [-0.39, 0.29) is 6.10 Å². The predicted octanol–water partition coefficient (Wildman–Crippen LogP) is 6.73. The summed E-state index contributed by atoms with van der Waals surface area (Å²) in [5.74, 6) is 2.26. The summed E-state index contributed by atoms with van der Waals surface area (Å²) in [5, 5.41) is 20.1. The first kappa shape index (κ1) is 22.8. The van der Waals surface area contributed by atoms with Crippen molar-refractivity contribution >= 4 is 0 Å². The van der Waals surface area contributed by atoms with Crippen LogP contribution < -0.4 is 0 Å². The Balaban J connectivity index is 1.68. The second kappa shape index (κ2) is 9.10. The molecule has 4 unspecified atom stereocenters. The van der Waals surface area contributed by atoms with Gasteiger partial charge in [-0.05, 0) is 100 Å². The maximum absolute atomic E-state index is 10.0. The minimum atomic E-state index is -0.535. The molecule has 3 saturated carbocycles. The molecule has 3 aliphatic rings. The molecule has 5 atom stereocenters. The van der Waals surface area contributed by atoms with E-state index in [2.05, 4.69) is 32.6 Å². The Hall–Kier alpha value is -0.860. The first-order valence-corrected chi connectivity index (χ1v) is 12.1. The Morgan fingerprint density at radius 1 is 1.21 bits per heavy atom. The first-order valence-electron chi connectivity index (χ1n) is 12.1. The molecule has 0 heterocycles. The molecule has 164 valence electrons. The average molecular weight is 401 g/mol. The highest BCUT2D eigenvalue weighted by molar-refractivity contribution is 5.36. The number of aliphatic hydroxyl groups is 2. The largest absolute Gasteiger partial charge is 0.393 e. The van der Waals surface area contributed by atoms with Crippen molar-refractivity contribution in [3.05, 3.63) is 35.5 Å². The molecule has 29 heavy (non-hydrogen) atoms. The van der Waals surface area contributed by atoms with Gasteiger partial charge >= 0.3 is 0 Å². The minimum absolute atomic E-state index is 0.192. The van der Waals surface area contributed by atoms with Crippen LogP contribution in [-0.4, -0.2) is 21.9 Å². The standard InChI is InChI=1S/C27H44O2/c1-19-10-13-23(28)18-22(19)12-11-21-9-7-17-27(5)24(14-15-25(21)27)20(2)8-6-16-26(3,4)29/h11-12,20,23-25,28-29H,1,6-10,13-18H2,2-5H3/b21-11+,22-12-/t20?,23?,24?,25?,27-/m1/s1. The SMILES string of the molecule is C=C1CCC(O)C/C1=C/C=C1\CCC[C@@]2(C)C1CCC2C(C)CCCC(C)(C)O. The van der Waals surface area contributed by atoms with E-state index in [0.717, 1.165) is 49.9 Å². The van der Waals surface area contributed by atoms with Crippen molar-refractivity contribution in [2.75, 3.05) is 0 Å². The van der Waals surface area contributed by atoms with Gasteiger partial charge in [-0.2, -0.15) is 0 Å². The van der Waals surface area contributed by atoms with E-state index in [9.17, 15) is 10.2 Å². The van der Waals surface area contributed by atoms with Gasteiger partial charge in [0.2, 0.25) is 0 Å². The van der Waals surface area contributed by atoms with Gasteiger partial charge in [-0.3, -0.25) is 0 Å². The minimum Gasteiger partial charge on any atom is -0.393 e. The summed E-state index contributed by atoms with van der Waals surface area (Å²) in [7, 11) is 0. The number of hydrogen-bond acceptors (Lipinski definition) is 2. The van der Waals surface area contributed by atoms with Crippen LogP contribution in [-0.2, 0) is 0 Å². The number of rotatable bonds is 6. The van der Waals surface area contributed by atoms with Gasteiger partial charge in [0.1, 0.15) is 0 Å². The molecule has 0 aliphatic heterocycles. The summed E-state index contributed by atoms with van der Waals surface area (Å²) in [4.78, 5) is 0. The first-order chi connectivity index (χ1) is 13.6. The molecule has 0 amide bonds. The third kappa shape index (κ3) is 5.44. The highest BCUT2D eigenvalue weighted by Crippen LogP contribution is 2.60. The highest BCUT2D eigenvalue weighted by Gasteiger charge is 2.50. The Labute approximate surface area is 179 Å². The summed E-state index contributed by atoms with van der Waals surface area (Å²) < 4.78 is 0. The van der Waals surface area contributed by atoms with Crippen LogP contribution in [0.3, 0.4) is 0 Å². The Kier molecular flexibility index (Phi) is 7.16. The zero-order valence-electron chi connectivity index (χ0n) is 19.3. The number of hydrogen-bond donors (Lipinski definition) is 2. The molecular weight excluding hydrogens is 356 g/mol. The topological polar surface area (TPSA) is 40.5 Å². The van der Waals surface area contributed by atoms with Gasteiger partial charge < -0.3 is 10.2 Å². The van der Waals surface area contributed by atoms with E-state index in [4.69, 9.17) is 0 Å². The maximum Gasteiger partial charge on any atom is 0.0591 e. The molecule has 3 rings (SSSR count). The van der Waals surface area contributed by atoms with E-state index >= 15 is 0 Å². The van der Waals surface area contributed by atoms with Crippen molar-refractivity contribution in [3.63, 3.8) is 0 Å². The third-order valence-corrected chi connectivity index (χ3v) is 8.36. The molecule has 2 N–H and O–H groups in total. The van der Waals surface area contributed by atoms with Crippen LogP contribution in [0.4, 0.5) is 0 Å². The van der Waals surface area contributed by atoms with Crippen LogP contribution in [0.2, 0.25) is 0 Å². The van der Waals surface area contributed by atoms with Crippen LogP contribution in [0.1, 0.15) is 98.3 Å². The zero-order chi connectivity index (χ0) is 21.2. The number of allylic oxidation sites excluding steroid dienone is 4. The van der Waals surface area contributed by atoms with Crippen molar-refractivity contribution < 1.29 is 10.2 Å². The summed E-state index contributed by atoms with van der Waals surface area (Å²) in [6, 6.07) is 0. The molecule has 0 bridgehead atoms. The molecule has 0 spiro atoms. The molecule has 0 aromatic heterocycles. The Morgan fingerprint density at radius 2 is 1.97 bits per heavy atom. The zero-order valence-corrected chi connectivity index (χ0v) is 19.3. The van der Waals surface area contributed by atoms with Gasteiger partial charge in [-0.1, -0.05) is 56.6 Å². The normalized spacial score (nSPS) is 37.2. The van der Waals surface area contributed by atoms with Crippen molar-refractivity contribution in [3.8, 4) is 0 Å². The predicted molar refractivity (Wildman–Crippen MR) is 123 cm³/mol. The fourth-order valence-electron chi connectivity index (χ4n) is 6.67. The molecule has 0 aromatic carbocycles. The van der Waals surface area contributed by atoms with Crippen LogP contribution >= 0.6 is 0 Å². The second-order valence-electron chi connectivity index (χ2n) is 11.2. The maximum atomic E-state index is 10.0. The monoisotopic (exact) mass is 400 g/mol. The van der Waals surface area contributed by atoms with Crippen LogP contribution in [0.5, 0.6) is 0 Å². The van der Waals surface area contributed by atoms with Crippen molar-refractivity contribution in [2.45, 2.75) is 110 Å². The lowest BCUT2D eigenvalue weighted by Gasteiger charge is -2.44. The quantitative estimate of drug-likeness (QED) is 0.518. The lowest BCUT2D eigenvalue weighted by molar-refractivity contribution is 0.0596. The number of aliphatic hydroxyl groups excluding tert-OH is 1. The van der Waals surface area contributed by atoms with Crippen molar-refractivity contribution in [1.29, 1.82) is 0 Å². The van der Waals surface area contributed by atoms with Crippen molar-refractivity contribution in [2.24, 2.45) is 23.2 Å². The molecule has 3 aliphatic carbocycles. The van der Waals surface area contributed by atoms with E-state index in [1.54, 1.807) is 5.57 Å². The fourth-order valence-corrected chi connectivity index (χ4v) is 6.67. The molecule has 2 heteroatoms. The summed E-state index contributed by atoms with van der Waals surface area (Å²) in [6.07, 6.45) is 16.9. The fraction of sp³-hybridized carbons (Fsp3) is 0.778. The van der Waals surface area contributed by atoms with Crippen molar-refractivity contribution in [1.82, 2.24) is 0 Å². The smallest absolute Gasteiger partial charge is 0.0591 e. The Bertz CT molecular complexity index is 650. The summed E-state index contributed by atoms with van der Waals surface area (Å²) in [6.45, 7) is 13.1. The van der Waals surface area contributed by atoms with Crippen LogP contribution in [0.25, 0.3) is 0 Å². The lowest BCUT2D eigenvalue weighted by Crippen LogP contribution is -2.36.